The predicted octanol–water partition coefficient (Wildman–Crippen LogP) is 5.14. The second-order valence-electron chi connectivity index (χ2n) is 6.73. The van der Waals surface area contributed by atoms with E-state index >= 15 is 0 Å². The average Bonchev–Trinajstić information content (AvgIpc) is 2.74. The van der Waals surface area contributed by atoms with Gasteiger partial charge in [0.05, 0.1) is 27.8 Å². The molecule has 0 fully saturated rings. The minimum atomic E-state index is -2.90. The average molecular weight is 507 g/mol. The van der Waals surface area contributed by atoms with Gasteiger partial charge in [-0.25, -0.2) is 8.57 Å². The van der Waals surface area contributed by atoms with Crippen LogP contribution >= 0.6 is 27.7 Å². The third-order valence-electron chi connectivity index (χ3n) is 4.78. The van der Waals surface area contributed by atoms with Gasteiger partial charge in [-0.3, -0.25) is 9.10 Å². The molecule has 0 spiro atoms. The summed E-state index contributed by atoms with van der Waals surface area (Å²) in [6.45, 7) is 1.04. The van der Waals surface area contributed by atoms with Crippen molar-refractivity contribution in [2.45, 2.75) is 16.2 Å². The van der Waals surface area contributed by atoms with Gasteiger partial charge in [0.2, 0.25) is 0 Å². The number of aromatic hydroxyl groups is 1. The van der Waals surface area contributed by atoms with Gasteiger partial charge in [0.25, 0.3) is 0 Å². The molecular weight excluding hydrogens is 488 g/mol. The van der Waals surface area contributed by atoms with E-state index in [0.717, 1.165) is 28.0 Å². The van der Waals surface area contributed by atoms with Crippen molar-refractivity contribution >= 4 is 60.0 Å². The SMILES string of the molecule is O=C(O)CSc1cc(N2CCCN=S2(=O)c2ccc(Br)cc2)c2ccccc2c1O. The molecule has 3 aromatic carbocycles. The Labute approximate surface area is 187 Å². The van der Waals surface area contributed by atoms with Gasteiger partial charge in [-0.15, -0.1) is 11.8 Å². The zero-order valence-corrected chi connectivity index (χ0v) is 19.0. The van der Waals surface area contributed by atoms with Crippen LogP contribution in [0.5, 0.6) is 5.75 Å². The Balaban J connectivity index is 1.92. The van der Waals surface area contributed by atoms with Crippen molar-refractivity contribution in [2.24, 2.45) is 4.36 Å². The first-order valence-electron chi connectivity index (χ1n) is 9.25. The smallest absolute Gasteiger partial charge is 0.313 e. The highest BCUT2D eigenvalue weighted by Gasteiger charge is 2.28. The van der Waals surface area contributed by atoms with Gasteiger partial charge in [-0.05, 0) is 36.8 Å². The molecule has 0 aromatic heterocycles. The number of hydrogen-bond acceptors (Lipinski definition) is 5. The quantitative estimate of drug-likeness (QED) is 0.467. The van der Waals surface area contributed by atoms with E-state index in [1.807, 2.05) is 30.3 Å². The minimum absolute atomic E-state index is 0.0321. The molecule has 1 heterocycles. The van der Waals surface area contributed by atoms with Crippen LogP contribution in [0.2, 0.25) is 0 Å². The molecular formula is C21H19BrN2O4S2. The Kier molecular flexibility index (Phi) is 5.95. The number of fused-ring (bicyclic) bond motifs is 1. The molecule has 0 saturated heterocycles. The van der Waals surface area contributed by atoms with E-state index in [1.165, 1.54) is 0 Å². The molecule has 0 bridgehead atoms. The number of phenolic OH excluding ortho intramolecular Hbond substituents is 1. The molecule has 0 saturated carbocycles. The van der Waals surface area contributed by atoms with E-state index in [0.29, 0.717) is 34.0 Å². The molecule has 3 aromatic rings. The fraction of sp³-hybridized carbons (Fsp3) is 0.190. The number of carbonyl (C=O) groups is 1. The van der Waals surface area contributed by atoms with Gasteiger partial charge < -0.3 is 10.2 Å². The topological polar surface area (TPSA) is 90.2 Å². The fourth-order valence-corrected chi connectivity index (χ4v) is 6.62. The first-order valence-corrected chi connectivity index (χ1v) is 12.5. The van der Waals surface area contributed by atoms with Crippen molar-refractivity contribution in [3.05, 3.63) is 59.1 Å². The predicted molar refractivity (Wildman–Crippen MR) is 124 cm³/mol. The summed E-state index contributed by atoms with van der Waals surface area (Å²) in [6, 6.07) is 16.3. The van der Waals surface area contributed by atoms with E-state index in [-0.39, 0.29) is 11.5 Å². The first-order chi connectivity index (χ1) is 14.4. The summed E-state index contributed by atoms with van der Waals surface area (Å²) in [4.78, 5) is 12.1. The number of nitrogens with zero attached hydrogens (tertiary/aromatic N) is 2. The summed E-state index contributed by atoms with van der Waals surface area (Å²) in [5, 5.41) is 21.1. The van der Waals surface area contributed by atoms with Gasteiger partial charge in [-0.1, -0.05) is 40.2 Å². The summed E-state index contributed by atoms with van der Waals surface area (Å²) in [5.74, 6) is -1.12. The molecule has 9 heteroatoms. The zero-order valence-electron chi connectivity index (χ0n) is 15.8. The van der Waals surface area contributed by atoms with Gasteiger partial charge in [0, 0.05) is 21.8 Å². The number of carboxylic acids is 1. The lowest BCUT2D eigenvalue weighted by Gasteiger charge is -2.32. The second-order valence-corrected chi connectivity index (χ2v) is 10.8. The lowest BCUT2D eigenvalue weighted by Crippen LogP contribution is -2.35. The monoisotopic (exact) mass is 506 g/mol. The number of halogens is 1. The number of phenols is 1. The molecule has 0 amide bonds. The summed E-state index contributed by atoms with van der Waals surface area (Å²) >= 11 is 4.45. The Morgan fingerprint density at radius 3 is 2.57 bits per heavy atom. The molecule has 156 valence electrons. The Hall–Kier alpha value is -2.23. The van der Waals surface area contributed by atoms with Crippen molar-refractivity contribution in [1.29, 1.82) is 0 Å². The van der Waals surface area contributed by atoms with Crippen LogP contribution in [-0.2, 0) is 14.7 Å². The normalized spacial score (nSPS) is 18.9. The third kappa shape index (κ3) is 3.89. The second kappa shape index (κ2) is 8.49. The van der Waals surface area contributed by atoms with Gasteiger partial charge in [-0.2, -0.15) is 0 Å². The summed E-state index contributed by atoms with van der Waals surface area (Å²) < 4.78 is 21.3. The Bertz CT molecular complexity index is 1240. The lowest BCUT2D eigenvalue weighted by molar-refractivity contribution is -0.133. The van der Waals surface area contributed by atoms with E-state index in [1.54, 1.807) is 28.6 Å². The highest BCUT2D eigenvalue weighted by molar-refractivity contribution is 9.10. The molecule has 1 aliphatic rings. The number of rotatable bonds is 5. The summed E-state index contributed by atoms with van der Waals surface area (Å²) in [7, 11) is -2.90. The number of aliphatic carboxylic acids is 1. The molecule has 30 heavy (non-hydrogen) atoms. The molecule has 0 radical (unpaired) electrons. The van der Waals surface area contributed by atoms with Crippen LogP contribution in [0.25, 0.3) is 10.8 Å². The molecule has 1 atom stereocenters. The van der Waals surface area contributed by atoms with Crippen molar-refractivity contribution < 1.29 is 19.2 Å². The minimum Gasteiger partial charge on any atom is -0.506 e. The van der Waals surface area contributed by atoms with Crippen molar-refractivity contribution in [3.63, 3.8) is 0 Å². The summed E-state index contributed by atoms with van der Waals surface area (Å²) in [6.07, 6.45) is 0.750. The van der Waals surface area contributed by atoms with Crippen molar-refractivity contribution in [1.82, 2.24) is 0 Å². The zero-order chi connectivity index (χ0) is 21.3. The van der Waals surface area contributed by atoms with E-state index in [4.69, 9.17) is 5.11 Å². The van der Waals surface area contributed by atoms with Crippen LogP contribution < -0.4 is 4.31 Å². The van der Waals surface area contributed by atoms with Crippen LogP contribution in [0.4, 0.5) is 5.69 Å². The van der Waals surface area contributed by atoms with Crippen LogP contribution in [0.1, 0.15) is 6.42 Å². The van der Waals surface area contributed by atoms with E-state index in [2.05, 4.69) is 20.3 Å². The third-order valence-corrected chi connectivity index (χ3v) is 8.72. The maximum atomic E-state index is 14.1. The largest absolute Gasteiger partial charge is 0.506 e. The van der Waals surface area contributed by atoms with Crippen LogP contribution in [-0.4, -0.2) is 39.2 Å². The molecule has 0 aliphatic carbocycles. The van der Waals surface area contributed by atoms with E-state index < -0.39 is 15.9 Å². The van der Waals surface area contributed by atoms with Crippen LogP contribution in [0.3, 0.4) is 0 Å². The van der Waals surface area contributed by atoms with Gasteiger partial charge in [0.15, 0.2) is 9.92 Å². The molecule has 1 unspecified atom stereocenters. The van der Waals surface area contributed by atoms with Crippen LogP contribution in [0, 0.1) is 0 Å². The molecule has 1 aliphatic heterocycles. The highest BCUT2D eigenvalue weighted by atomic mass is 79.9. The number of hydrogen-bond donors (Lipinski definition) is 2. The standard InChI is InChI=1S/C21H19BrN2O4S2/c22-14-6-8-15(9-7-14)30(28)23-10-3-11-24(30)18-12-19(29-13-20(25)26)21(27)17-5-2-1-4-16(17)18/h1-2,4-9,12,27H,3,10-11,13H2,(H,25,26). The van der Waals surface area contributed by atoms with E-state index in [9.17, 15) is 14.1 Å². The maximum absolute atomic E-state index is 14.1. The highest BCUT2D eigenvalue weighted by Crippen LogP contribution is 2.43. The van der Waals surface area contributed by atoms with Crippen molar-refractivity contribution in [2.75, 3.05) is 23.1 Å². The number of thioether (sulfide) groups is 1. The Morgan fingerprint density at radius 1 is 1.17 bits per heavy atom. The Morgan fingerprint density at radius 2 is 1.87 bits per heavy atom. The first kappa shape index (κ1) is 21.0. The number of anilines is 1. The van der Waals surface area contributed by atoms with Gasteiger partial charge in [0.1, 0.15) is 5.75 Å². The lowest BCUT2D eigenvalue weighted by atomic mass is 10.1. The molecule has 6 nitrogen and oxygen atoms in total. The molecule has 4 rings (SSSR count). The van der Waals surface area contributed by atoms with Gasteiger partial charge >= 0.3 is 5.97 Å². The number of carboxylic acid groups (broad SMARTS) is 1. The molecule has 2 N–H and O–H groups in total. The van der Waals surface area contributed by atoms with Crippen LogP contribution in [0.15, 0.2) is 73.2 Å². The maximum Gasteiger partial charge on any atom is 0.313 e. The summed E-state index contributed by atoms with van der Waals surface area (Å²) in [5.41, 5.74) is 0.674. The number of benzene rings is 3. The van der Waals surface area contributed by atoms with Crippen molar-refractivity contribution in [3.8, 4) is 5.75 Å². The fourth-order valence-electron chi connectivity index (χ4n) is 3.44.